The third-order valence-corrected chi connectivity index (χ3v) is 7.40. The standard InChI is InChI=1S/C20H32O6/c1-9(2)12-5-10(3)15-13(7-12)17(23)19(25,8-21)18(24)20(26)14(15)6-11(4)16(20)22/h6,10,12-18,21-26H,1,5,7-8H2,2-4H3/t10-,12-,13?,14?,15?,16+,17+,18-,19+,20-/m1/s1. The molecule has 0 spiro atoms. The van der Waals surface area contributed by atoms with E-state index in [1.165, 1.54) is 0 Å². The molecule has 2 saturated carbocycles. The molecule has 0 heterocycles. The summed E-state index contributed by atoms with van der Waals surface area (Å²) >= 11 is 0. The lowest BCUT2D eigenvalue weighted by Gasteiger charge is -2.46. The molecule has 6 heteroatoms. The van der Waals surface area contributed by atoms with Crippen molar-refractivity contribution in [1.82, 2.24) is 0 Å². The Morgan fingerprint density at radius 3 is 2.38 bits per heavy atom. The predicted molar refractivity (Wildman–Crippen MR) is 95.9 cm³/mol. The molecule has 0 bridgehead atoms. The van der Waals surface area contributed by atoms with Gasteiger partial charge in [-0.05, 0) is 55.9 Å². The van der Waals surface area contributed by atoms with E-state index < -0.39 is 48.0 Å². The van der Waals surface area contributed by atoms with Crippen LogP contribution in [0.4, 0.5) is 0 Å². The van der Waals surface area contributed by atoms with Crippen molar-refractivity contribution in [3.63, 3.8) is 0 Å². The van der Waals surface area contributed by atoms with Crippen molar-refractivity contribution in [3.05, 3.63) is 23.8 Å². The second kappa shape index (κ2) is 6.40. The Kier molecular flexibility index (Phi) is 4.92. The van der Waals surface area contributed by atoms with Gasteiger partial charge >= 0.3 is 0 Å². The lowest BCUT2D eigenvalue weighted by atomic mass is 9.60. The topological polar surface area (TPSA) is 121 Å². The van der Waals surface area contributed by atoms with E-state index in [0.29, 0.717) is 12.0 Å². The normalized spacial score (nSPS) is 54.1. The maximum atomic E-state index is 11.4. The van der Waals surface area contributed by atoms with Gasteiger partial charge in [0.15, 0.2) is 0 Å². The molecule has 0 aliphatic heterocycles. The number of allylic oxidation sites excluding steroid dienone is 1. The van der Waals surface area contributed by atoms with Crippen LogP contribution in [0, 0.1) is 29.6 Å². The summed E-state index contributed by atoms with van der Waals surface area (Å²) in [6.45, 7) is 8.77. The second-order valence-electron chi connectivity index (χ2n) is 8.96. The van der Waals surface area contributed by atoms with Gasteiger partial charge in [-0.1, -0.05) is 25.2 Å². The summed E-state index contributed by atoms with van der Waals surface area (Å²) in [5.74, 6) is -1.07. The Morgan fingerprint density at radius 1 is 1.23 bits per heavy atom. The fourth-order valence-corrected chi connectivity index (χ4v) is 5.89. The van der Waals surface area contributed by atoms with Crippen LogP contribution in [0.1, 0.15) is 33.6 Å². The molecule has 6 nitrogen and oxygen atoms in total. The molecular weight excluding hydrogens is 336 g/mol. The quantitative estimate of drug-likeness (QED) is 0.381. The fraction of sp³-hybridized carbons (Fsp3) is 0.800. The van der Waals surface area contributed by atoms with Crippen molar-refractivity contribution in [2.45, 2.75) is 63.1 Å². The van der Waals surface area contributed by atoms with Crippen LogP contribution < -0.4 is 0 Å². The third-order valence-electron chi connectivity index (χ3n) is 7.40. The first kappa shape index (κ1) is 20.0. The van der Waals surface area contributed by atoms with E-state index in [-0.39, 0.29) is 17.8 Å². The van der Waals surface area contributed by atoms with Crippen LogP contribution in [-0.4, -0.2) is 66.8 Å². The van der Waals surface area contributed by atoms with Crippen LogP contribution in [-0.2, 0) is 0 Å². The summed E-state index contributed by atoms with van der Waals surface area (Å²) in [6.07, 6.45) is -1.53. The molecule has 2 fully saturated rings. The van der Waals surface area contributed by atoms with Crippen LogP contribution in [0.25, 0.3) is 0 Å². The first-order valence-electron chi connectivity index (χ1n) is 9.43. The Balaban J connectivity index is 2.16. The molecule has 0 aromatic carbocycles. The van der Waals surface area contributed by atoms with Crippen molar-refractivity contribution >= 4 is 0 Å². The summed E-state index contributed by atoms with van der Waals surface area (Å²) in [7, 11) is 0. The van der Waals surface area contributed by atoms with Crippen LogP contribution in [0.5, 0.6) is 0 Å². The van der Waals surface area contributed by atoms with Crippen LogP contribution in [0.3, 0.4) is 0 Å². The Bertz CT molecular complexity index is 617. The minimum Gasteiger partial charge on any atom is -0.393 e. The van der Waals surface area contributed by atoms with E-state index >= 15 is 0 Å². The van der Waals surface area contributed by atoms with E-state index in [1.807, 2.05) is 13.8 Å². The second-order valence-corrected chi connectivity index (χ2v) is 8.96. The molecule has 148 valence electrons. The smallest absolute Gasteiger partial charge is 0.142 e. The number of aliphatic hydroxyl groups excluding tert-OH is 4. The van der Waals surface area contributed by atoms with Gasteiger partial charge in [0.05, 0.1) is 12.7 Å². The largest absolute Gasteiger partial charge is 0.393 e. The Labute approximate surface area is 154 Å². The first-order chi connectivity index (χ1) is 12.0. The number of fused-ring (bicyclic) bond motifs is 3. The molecule has 3 rings (SSSR count). The summed E-state index contributed by atoms with van der Waals surface area (Å²) in [4.78, 5) is 0. The average molecular weight is 368 g/mol. The number of aliphatic hydroxyl groups is 6. The Hall–Kier alpha value is -0.760. The van der Waals surface area contributed by atoms with Crippen molar-refractivity contribution in [2.75, 3.05) is 6.61 Å². The number of rotatable bonds is 2. The van der Waals surface area contributed by atoms with Gasteiger partial charge in [-0.3, -0.25) is 0 Å². The number of hydrogen-bond donors (Lipinski definition) is 6. The van der Waals surface area contributed by atoms with E-state index in [1.54, 1.807) is 13.0 Å². The van der Waals surface area contributed by atoms with Crippen LogP contribution >= 0.6 is 0 Å². The summed E-state index contributed by atoms with van der Waals surface area (Å²) < 4.78 is 0. The van der Waals surface area contributed by atoms with Gasteiger partial charge in [0.1, 0.15) is 23.4 Å². The molecule has 3 unspecified atom stereocenters. The molecule has 10 atom stereocenters. The lowest BCUT2D eigenvalue weighted by Crippen LogP contribution is -2.67. The van der Waals surface area contributed by atoms with Gasteiger partial charge in [-0.2, -0.15) is 0 Å². The third kappa shape index (κ3) is 2.47. The molecular formula is C20H32O6. The van der Waals surface area contributed by atoms with Gasteiger partial charge in [0.2, 0.25) is 0 Å². The Morgan fingerprint density at radius 2 is 1.85 bits per heavy atom. The molecule has 3 aliphatic carbocycles. The summed E-state index contributed by atoms with van der Waals surface area (Å²) in [6, 6.07) is 0. The zero-order valence-electron chi connectivity index (χ0n) is 15.7. The molecule has 0 radical (unpaired) electrons. The molecule has 6 N–H and O–H groups in total. The van der Waals surface area contributed by atoms with Crippen LogP contribution in [0.2, 0.25) is 0 Å². The molecule has 26 heavy (non-hydrogen) atoms. The highest BCUT2D eigenvalue weighted by atomic mass is 16.4. The van der Waals surface area contributed by atoms with Gasteiger partial charge < -0.3 is 30.6 Å². The molecule has 0 aromatic rings. The first-order valence-corrected chi connectivity index (χ1v) is 9.43. The highest BCUT2D eigenvalue weighted by Crippen LogP contribution is 2.57. The maximum Gasteiger partial charge on any atom is 0.142 e. The van der Waals surface area contributed by atoms with E-state index in [2.05, 4.69) is 6.58 Å². The van der Waals surface area contributed by atoms with Crippen LogP contribution in [0.15, 0.2) is 23.8 Å². The maximum absolute atomic E-state index is 11.4. The van der Waals surface area contributed by atoms with Crippen molar-refractivity contribution in [3.8, 4) is 0 Å². The summed E-state index contributed by atoms with van der Waals surface area (Å²) in [5.41, 5.74) is -2.84. The van der Waals surface area contributed by atoms with E-state index in [0.717, 1.165) is 12.0 Å². The molecule has 0 saturated heterocycles. The molecule has 0 amide bonds. The van der Waals surface area contributed by atoms with E-state index in [4.69, 9.17) is 0 Å². The van der Waals surface area contributed by atoms with Crippen molar-refractivity contribution in [2.24, 2.45) is 29.6 Å². The van der Waals surface area contributed by atoms with E-state index in [9.17, 15) is 30.6 Å². The number of hydrogen-bond acceptors (Lipinski definition) is 6. The molecule has 0 aromatic heterocycles. The predicted octanol–water partition coefficient (Wildman–Crippen LogP) is -0.0321. The van der Waals surface area contributed by atoms with Gasteiger partial charge in [-0.25, -0.2) is 0 Å². The van der Waals surface area contributed by atoms with Gasteiger partial charge in [0, 0.05) is 5.92 Å². The summed E-state index contributed by atoms with van der Waals surface area (Å²) in [5, 5.41) is 64.7. The molecule has 3 aliphatic rings. The minimum absolute atomic E-state index is 0.0733. The van der Waals surface area contributed by atoms with Gasteiger partial charge in [0.25, 0.3) is 0 Å². The zero-order chi connectivity index (χ0) is 19.6. The highest BCUT2D eigenvalue weighted by molar-refractivity contribution is 5.32. The fourth-order valence-electron chi connectivity index (χ4n) is 5.89. The highest BCUT2D eigenvalue weighted by Gasteiger charge is 2.68. The zero-order valence-corrected chi connectivity index (χ0v) is 15.7. The lowest BCUT2D eigenvalue weighted by molar-refractivity contribution is -0.240. The SMILES string of the molecule is C=C(C)[C@H]1CC2C(C3C=C(C)[C@H](O)[C@@]3(O)[C@H](O)[C@](O)(CO)[C@H]2O)[C@H](C)C1. The monoisotopic (exact) mass is 368 g/mol. The minimum atomic E-state index is -2.32. The van der Waals surface area contributed by atoms with Crippen molar-refractivity contribution < 1.29 is 30.6 Å². The average Bonchev–Trinajstić information content (AvgIpc) is 2.80. The van der Waals surface area contributed by atoms with Crippen molar-refractivity contribution in [1.29, 1.82) is 0 Å². The van der Waals surface area contributed by atoms with Gasteiger partial charge in [-0.15, -0.1) is 0 Å².